The maximum absolute atomic E-state index is 11.2. The van der Waals surface area contributed by atoms with Crippen molar-refractivity contribution in [3.8, 4) is 5.75 Å². The van der Waals surface area contributed by atoms with Crippen molar-refractivity contribution in [1.82, 2.24) is 15.2 Å². The molecule has 7 heteroatoms. The average molecular weight is 258 g/mol. The Balaban J connectivity index is 1.81. The first kappa shape index (κ1) is 11.3. The summed E-state index contributed by atoms with van der Waals surface area (Å²) >= 11 is 0. The first-order chi connectivity index (χ1) is 9.20. The highest BCUT2D eigenvalue weighted by atomic mass is 16.5. The van der Waals surface area contributed by atoms with Gasteiger partial charge in [-0.05, 0) is 24.3 Å². The second-order valence-corrected chi connectivity index (χ2v) is 3.89. The van der Waals surface area contributed by atoms with E-state index in [0.717, 1.165) is 10.9 Å². The van der Waals surface area contributed by atoms with Crippen LogP contribution in [0.4, 0.5) is 6.01 Å². The number of nitrogens with one attached hydrogen (secondary N) is 1. The first-order valence-electron chi connectivity index (χ1n) is 5.54. The Morgan fingerprint density at radius 1 is 1.26 bits per heavy atom. The van der Waals surface area contributed by atoms with Gasteiger partial charge in [-0.2, -0.15) is 0 Å². The molecular weight excluding hydrogens is 248 g/mol. The molecule has 2 aromatic heterocycles. The maximum Gasteiger partial charge on any atom is 0.312 e. The van der Waals surface area contributed by atoms with Gasteiger partial charge in [0.25, 0.3) is 5.89 Å². The summed E-state index contributed by atoms with van der Waals surface area (Å²) < 4.78 is 10.5. The molecule has 0 aliphatic carbocycles. The highest BCUT2D eigenvalue weighted by Crippen LogP contribution is 2.19. The molecule has 0 atom stereocenters. The van der Waals surface area contributed by atoms with Crippen molar-refractivity contribution in [2.24, 2.45) is 0 Å². The van der Waals surface area contributed by atoms with Gasteiger partial charge in [-0.1, -0.05) is 5.10 Å². The van der Waals surface area contributed by atoms with Crippen molar-refractivity contribution >= 4 is 16.9 Å². The number of nitrogens with two attached hydrogens (primary N) is 1. The molecule has 0 unspecified atom stereocenters. The van der Waals surface area contributed by atoms with E-state index in [0.29, 0.717) is 11.6 Å². The van der Waals surface area contributed by atoms with Gasteiger partial charge in [-0.25, -0.2) is 0 Å². The number of hydrogen-bond donors (Lipinski definition) is 2. The number of hydrogen-bond acceptors (Lipinski definition) is 6. The fourth-order valence-corrected chi connectivity index (χ4v) is 1.69. The summed E-state index contributed by atoms with van der Waals surface area (Å²) in [5, 5.41) is 8.10. The molecule has 0 saturated carbocycles. The van der Waals surface area contributed by atoms with Crippen molar-refractivity contribution in [3.05, 3.63) is 46.6 Å². The van der Waals surface area contributed by atoms with Gasteiger partial charge in [0.15, 0.2) is 6.61 Å². The Kier molecular flexibility index (Phi) is 2.64. The lowest BCUT2D eigenvalue weighted by atomic mass is 10.2. The number of anilines is 1. The summed E-state index contributed by atoms with van der Waals surface area (Å²) in [6, 6.07) is 8.53. The van der Waals surface area contributed by atoms with E-state index in [1.807, 2.05) is 6.07 Å². The first-order valence-corrected chi connectivity index (χ1v) is 5.54. The quantitative estimate of drug-likeness (QED) is 0.727. The fourth-order valence-electron chi connectivity index (χ4n) is 1.69. The summed E-state index contributed by atoms with van der Waals surface area (Å²) in [6.45, 7) is 0.138. The number of benzene rings is 1. The van der Waals surface area contributed by atoms with E-state index in [2.05, 4.69) is 15.2 Å². The lowest BCUT2D eigenvalue weighted by Gasteiger charge is -2.04. The van der Waals surface area contributed by atoms with E-state index in [4.69, 9.17) is 14.9 Å². The number of aromatic nitrogens is 3. The zero-order valence-corrected chi connectivity index (χ0v) is 9.79. The highest BCUT2D eigenvalue weighted by Gasteiger charge is 2.04. The zero-order valence-electron chi connectivity index (χ0n) is 9.79. The summed E-state index contributed by atoms with van der Waals surface area (Å²) in [6.07, 6.45) is 0. The van der Waals surface area contributed by atoms with E-state index in [1.54, 1.807) is 18.2 Å². The lowest BCUT2D eigenvalue weighted by molar-refractivity contribution is 0.265. The molecule has 7 nitrogen and oxygen atoms in total. The minimum Gasteiger partial charge on any atom is -0.484 e. The van der Waals surface area contributed by atoms with E-state index < -0.39 is 0 Å². The van der Waals surface area contributed by atoms with Crippen LogP contribution in [0, 0.1) is 0 Å². The molecule has 0 spiro atoms. The van der Waals surface area contributed by atoms with Gasteiger partial charge in [0.2, 0.25) is 5.56 Å². The summed E-state index contributed by atoms with van der Waals surface area (Å²) in [4.78, 5) is 13.9. The maximum atomic E-state index is 11.2. The third-order valence-electron chi connectivity index (χ3n) is 2.54. The number of fused-ring (bicyclic) bond motifs is 1. The van der Waals surface area contributed by atoms with Gasteiger partial charge in [-0.3, -0.25) is 4.79 Å². The number of pyridine rings is 1. The van der Waals surface area contributed by atoms with Gasteiger partial charge < -0.3 is 19.9 Å². The molecule has 3 aromatic rings. The number of nitrogens with zero attached hydrogens (tertiary/aromatic N) is 2. The number of aromatic amines is 1. The molecule has 0 aliphatic heterocycles. The Morgan fingerprint density at radius 2 is 2.16 bits per heavy atom. The van der Waals surface area contributed by atoms with Gasteiger partial charge >= 0.3 is 6.01 Å². The van der Waals surface area contributed by atoms with Gasteiger partial charge in [0, 0.05) is 17.0 Å². The van der Waals surface area contributed by atoms with Crippen LogP contribution in [0.2, 0.25) is 0 Å². The Labute approximate surface area is 107 Å². The fraction of sp³-hybridized carbons (Fsp3) is 0.0833. The van der Waals surface area contributed by atoms with Crippen molar-refractivity contribution < 1.29 is 9.15 Å². The lowest BCUT2D eigenvalue weighted by Crippen LogP contribution is -2.02. The molecule has 3 rings (SSSR count). The minimum atomic E-state index is -0.137. The van der Waals surface area contributed by atoms with Crippen LogP contribution in [-0.2, 0) is 6.61 Å². The topological polar surface area (TPSA) is 107 Å². The third-order valence-corrected chi connectivity index (χ3v) is 2.54. The molecule has 1 aromatic carbocycles. The molecule has 0 amide bonds. The largest absolute Gasteiger partial charge is 0.484 e. The van der Waals surface area contributed by atoms with Gasteiger partial charge in [0.05, 0.1) is 0 Å². The van der Waals surface area contributed by atoms with Crippen LogP contribution >= 0.6 is 0 Å². The van der Waals surface area contributed by atoms with E-state index in [-0.39, 0.29) is 18.2 Å². The molecule has 0 aliphatic rings. The van der Waals surface area contributed by atoms with Crippen LogP contribution in [0.3, 0.4) is 0 Å². The van der Waals surface area contributed by atoms with Crippen LogP contribution in [-0.4, -0.2) is 15.2 Å². The smallest absolute Gasteiger partial charge is 0.312 e. The standard InChI is InChI=1S/C12H10N4O3/c13-12-16-15-11(19-12)6-18-8-2-3-9-7(5-8)1-4-10(17)14-9/h1-5H,6H2,(H2,13,16)(H,14,17). The van der Waals surface area contributed by atoms with Crippen molar-refractivity contribution in [2.75, 3.05) is 5.73 Å². The summed E-state index contributed by atoms with van der Waals surface area (Å²) in [5.74, 6) is 0.940. The Morgan fingerprint density at radius 3 is 2.95 bits per heavy atom. The molecule has 0 bridgehead atoms. The normalized spacial score (nSPS) is 10.7. The number of H-pyrrole nitrogens is 1. The van der Waals surface area contributed by atoms with Crippen molar-refractivity contribution in [2.45, 2.75) is 6.61 Å². The average Bonchev–Trinajstić information content (AvgIpc) is 2.82. The molecule has 3 N–H and O–H groups in total. The van der Waals surface area contributed by atoms with Crippen LogP contribution in [0.25, 0.3) is 10.9 Å². The molecule has 2 heterocycles. The molecular formula is C12H10N4O3. The molecule has 0 saturated heterocycles. The van der Waals surface area contributed by atoms with Gasteiger partial charge in [-0.15, -0.1) is 5.10 Å². The Hall–Kier alpha value is -2.83. The Bertz CT molecular complexity index is 778. The number of rotatable bonds is 3. The molecule has 19 heavy (non-hydrogen) atoms. The minimum absolute atomic E-state index is 0.00897. The van der Waals surface area contributed by atoms with Gasteiger partial charge in [0.1, 0.15) is 5.75 Å². The SMILES string of the molecule is Nc1nnc(COc2ccc3[nH]c(=O)ccc3c2)o1. The molecule has 0 fully saturated rings. The second kappa shape index (κ2) is 4.45. The monoisotopic (exact) mass is 258 g/mol. The van der Waals surface area contributed by atoms with Crippen LogP contribution in [0.1, 0.15) is 5.89 Å². The predicted molar refractivity (Wildman–Crippen MR) is 67.6 cm³/mol. The second-order valence-electron chi connectivity index (χ2n) is 3.89. The number of ether oxygens (including phenoxy) is 1. The van der Waals surface area contributed by atoms with Crippen LogP contribution in [0.15, 0.2) is 39.5 Å². The van der Waals surface area contributed by atoms with E-state index in [9.17, 15) is 4.79 Å². The van der Waals surface area contributed by atoms with E-state index >= 15 is 0 Å². The zero-order chi connectivity index (χ0) is 13.2. The molecule has 0 radical (unpaired) electrons. The van der Waals surface area contributed by atoms with Crippen molar-refractivity contribution in [3.63, 3.8) is 0 Å². The highest BCUT2D eigenvalue weighted by molar-refractivity contribution is 5.79. The third kappa shape index (κ3) is 2.39. The van der Waals surface area contributed by atoms with E-state index in [1.165, 1.54) is 6.07 Å². The van der Waals surface area contributed by atoms with Crippen LogP contribution in [0.5, 0.6) is 5.75 Å². The predicted octanol–water partition coefficient (Wildman–Crippen LogP) is 1.07. The van der Waals surface area contributed by atoms with Crippen molar-refractivity contribution in [1.29, 1.82) is 0 Å². The van der Waals surface area contributed by atoms with Crippen LogP contribution < -0.4 is 16.0 Å². The number of nitrogen functional groups attached to an aromatic ring is 1. The summed E-state index contributed by atoms with van der Waals surface area (Å²) in [5.41, 5.74) is 5.92. The summed E-state index contributed by atoms with van der Waals surface area (Å²) in [7, 11) is 0. The molecule has 96 valence electrons.